The zero-order chi connectivity index (χ0) is 33.3. The molecule has 1 fully saturated rings. The third kappa shape index (κ3) is 6.44. The molecule has 0 bridgehead atoms. The topological polar surface area (TPSA) is 152 Å². The van der Waals surface area contributed by atoms with Gasteiger partial charge in [0.05, 0.1) is 49.9 Å². The van der Waals surface area contributed by atoms with Crippen molar-refractivity contribution in [3.8, 4) is 10.8 Å². The van der Waals surface area contributed by atoms with Crippen molar-refractivity contribution >= 4 is 45.3 Å². The maximum atomic E-state index is 14.6. The Bertz CT molecular complexity index is 1930. The van der Waals surface area contributed by atoms with Crippen molar-refractivity contribution in [1.29, 1.82) is 0 Å². The molecule has 1 N–H and O–H groups in total. The molecule has 1 aromatic carbocycles. The first-order valence-corrected chi connectivity index (χ1v) is 15.2. The number of rotatable bonds is 7. The van der Waals surface area contributed by atoms with Gasteiger partial charge < -0.3 is 19.5 Å². The van der Waals surface area contributed by atoms with E-state index in [-0.39, 0.29) is 33.4 Å². The van der Waals surface area contributed by atoms with Gasteiger partial charge in [-0.05, 0) is 45.9 Å². The predicted octanol–water partition coefficient (Wildman–Crippen LogP) is 2.42. The first-order valence-electron chi connectivity index (χ1n) is 14.4. The summed E-state index contributed by atoms with van der Waals surface area (Å²) >= 11 is 1.06. The number of carbonyl (C=O) groups excluding carboxylic acids is 2. The number of nitrogens with one attached hydrogen (secondary N) is 1. The molecule has 2 amide bonds. The first-order chi connectivity index (χ1) is 21.8. The fourth-order valence-corrected chi connectivity index (χ4v) is 6.12. The van der Waals surface area contributed by atoms with Gasteiger partial charge >= 0.3 is 17.5 Å². The maximum Gasteiger partial charge on any atom is 0.355 e. The van der Waals surface area contributed by atoms with Gasteiger partial charge in [0, 0.05) is 31.0 Å². The highest BCUT2D eigenvalue weighted by Gasteiger charge is 2.30. The second kappa shape index (κ2) is 12.9. The molecule has 46 heavy (non-hydrogen) atoms. The fourth-order valence-electron chi connectivity index (χ4n) is 4.94. The Morgan fingerprint density at radius 1 is 1.17 bits per heavy atom. The summed E-state index contributed by atoms with van der Waals surface area (Å²) in [5.74, 6) is -2.39. The SMILES string of the molecule is COc1ccc(F)cc1C(=Cn1c(=O)n(N(C)C(=O)C(=O)NC(C)(C)C)c(=O)c2c(C)c(-n3nccn3)sc21)OC1CCOCC1. The van der Waals surface area contributed by atoms with Crippen molar-refractivity contribution < 1.29 is 28.2 Å². The average Bonchev–Trinajstić information content (AvgIpc) is 3.66. The van der Waals surface area contributed by atoms with E-state index in [1.165, 1.54) is 48.7 Å². The number of hydrogen-bond acceptors (Lipinski definition) is 10. The molecule has 14 nitrogen and oxygen atoms in total. The lowest BCUT2D eigenvalue weighted by molar-refractivity contribution is -0.139. The Hall–Kier alpha value is -4.83. The number of nitrogens with zero attached hydrogens (tertiary/aromatic N) is 6. The molecule has 1 aliphatic heterocycles. The number of thiophene rings is 1. The second-order valence-electron chi connectivity index (χ2n) is 11.6. The molecule has 5 rings (SSSR count). The van der Waals surface area contributed by atoms with E-state index < -0.39 is 34.4 Å². The number of fused-ring (bicyclic) bond motifs is 1. The zero-order valence-electron chi connectivity index (χ0n) is 26.2. The predicted molar refractivity (Wildman–Crippen MR) is 169 cm³/mol. The fraction of sp³-hybridized carbons (Fsp3) is 0.400. The first kappa shape index (κ1) is 32.6. The van der Waals surface area contributed by atoms with Gasteiger partial charge in [0.15, 0.2) is 0 Å². The number of methoxy groups -OCH3 is 1. The summed E-state index contributed by atoms with van der Waals surface area (Å²) in [6, 6.07) is 3.88. The van der Waals surface area contributed by atoms with Gasteiger partial charge in [0.25, 0.3) is 5.56 Å². The highest BCUT2D eigenvalue weighted by molar-refractivity contribution is 7.21. The number of ether oxygens (including phenoxy) is 3. The summed E-state index contributed by atoms with van der Waals surface area (Å²) in [5, 5.41) is 12.1. The molecule has 0 radical (unpaired) electrons. The van der Waals surface area contributed by atoms with E-state index in [0.29, 0.717) is 46.3 Å². The molecule has 0 aliphatic carbocycles. The maximum absolute atomic E-state index is 14.6. The monoisotopic (exact) mass is 655 g/mol. The Morgan fingerprint density at radius 2 is 1.85 bits per heavy atom. The number of carbonyl (C=O) groups is 2. The van der Waals surface area contributed by atoms with Crippen LogP contribution in [-0.2, 0) is 19.1 Å². The summed E-state index contributed by atoms with van der Waals surface area (Å²) < 4.78 is 33.7. The molecule has 4 aromatic rings. The minimum Gasteiger partial charge on any atom is -0.496 e. The number of aromatic nitrogens is 5. The summed E-state index contributed by atoms with van der Waals surface area (Å²) in [6.07, 6.45) is 4.98. The van der Waals surface area contributed by atoms with Crippen molar-refractivity contribution in [3.05, 3.63) is 68.4 Å². The van der Waals surface area contributed by atoms with Crippen LogP contribution in [0.1, 0.15) is 44.7 Å². The molecule has 1 saturated heterocycles. The summed E-state index contributed by atoms with van der Waals surface area (Å²) in [7, 11) is 2.57. The minimum atomic E-state index is -1.14. The third-order valence-corrected chi connectivity index (χ3v) is 8.38. The van der Waals surface area contributed by atoms with Crippen LogP contribution in [0.4, 0.5) is 4.39 Å². The van der Waals surface area contributed by atoms with Crippen molar-refractivity contribution in [3.63, 3.8) is 0 Å². The quantitative estimate of drug-likeness (QED) is 0.234. The largest absolute Gasteiger partial charge is 0.496 e. The summed E-state index contributed by atoms with van der Waals surface area (Å²) in [5.41, 5.74) is -1.95. The van der Waals surface area contributed by atoms with Crippen LogP contribution in [0.5, 0.6) is 5.75 Å². The molecular weight excluding hydrogens is 621 g/mol. The van der Waals surface area contributed by atoms with Gasteiger partial charge in [0.2, 0.25) is 0 Å². The molecule has 0 unspecified atom stereocenters. The van der Waals surface area contributed by atoms with Crippen molar-refractivity contribution in [1.82, 2.24) is 29.6 Å². The lowest BCUT2D eigenvalue weighted by Crippen LogP contribution is -2.57. The molecule has 0 atom stereocenters. The molecule has 1 aliphatic rings. The Balaban J connectivity index is 1.80. The van der Waals surface area contributed by atoms with Gasteiger partial charge in [0.1, 0.15) is 33.3 Å². The molecule has 0 spiro atoms. The third-order valence-electron chi connectivity index (χ3n) is 7.13. The minimum absolute atomic E-state index is 0.0700. The number of aryl methyl sites for hydroxylation is 1. The molecule has 244 valence electrons. The average molecular weight is 656 g/mol. The van der Waals surface area contributed by atoms with Crippen LogP contribution in [0.2, 0.25) is 0 Å². The van der Waals surface area contributed by atoms with Gasteiger partial charge in [-0.15, -0.1) is 4.80 Å². The van der Waals surface area contributed by atoms with E-state index in [0.717, 1.165) is 23.0 Å². The van der Waals surface area contributed by atoms with Crippen molar-refractivity contribution in [2.45, 2.75) is 52.2 Å². The normalized spacial score (nSPS) is 14.4. The molecule has 0 saturated carbocycles. The van der Waals surface area contributed by atoms with Gasteiger partial charge in [-0.3, -0.25) is 19.0 Å². The van der Waals surface area contributed by atoms with Crippen molar-refractivity contribution in [2.24, 2.45) is 0 Å². The van der Waals surface area contributed by atoms with Crippen LogP contribution in [0, 0.1) is 12.7 Å². The van der Waals surface area contributed by atoms with Crippen LogP contribution < -0.4 is 26.3 Å². The van der Waals surface area contributed by atoms with E-state index >= 15 is 0 Å². The zero-order valence-corrected chi connectivity index (χ0v) is 27.0. The number of halogens is 1. The summed E-state index contributed by atoms with van der Waals surface area (Å²) in [4.78, 5) is 55.9. The van der Waals surface area contributed by atoms with E-state index in [1.54, 1.807) is 27.7 Å². The lowest BCUT2D eigenvalue weighted by atomic mass is 10.1. The van der Waals surface area contributed by atoms with Crippen molar-refractivity contribution in [2.75, 3.05) is 32.4 Å². The Labute approximate surface area is 266 Å². The van der Waals surface area contributed by atoms with E-state index in [2.05, 4.69) is 15.5 Å². The molecular formula is C30H34FN7O7S. The smallest absolute Gasteiger partial charge is 0.355 e. The standard InChI is InChI=1S/C30H34FN7O7S/c1-17-23-25(40)37(35(5)26(41)24(39)34-30(2,3)4)29(42)36(28(23)46-27(17)38-32-11-12-33-38)16-22(45-19-9-13-44-14-10-19)20-15-18(31)7-8-21(20)43-6/h7-8,11-12,15-16,19H,9-10,13-14H2,1-6H3,(H,34,39). The number of benzene rings is 1. The van der Waals surface area contributed by atoms with E-state index in [4.69, 9.17) is 14.2 Å². The van der Waals surface area contributed by atoms with Crippen LogP contribution in [0.3, 0.4) is 0 Å². The van der Waals surface area contributed by atoms with Crippen LogP contribution >= 0.6 is 11.3 Å². The highest BCUT2D eigenvalue weighted by Crippen LogP contribution is 2.34. The second-order valence-corrected chi connectivity index (χ2v) is 12.6. The van der Waals surface area contributed by atoms with Gasteiger partial charge in [-0.1, -0.05) is 11.3 Å². The van der Waals surface area contributed by atoms with Gasteiger partial charge in [-0.25, -0.2) is 14.2 Å². The molecule has 3 aromatic heterocycles. The Morgan fingerprint density at radius 3 is 2.48 bits per heavy atom. The number of likely N-dealkylation sites (N-methyl/N-ethyl adjacent to an activating group) is 1. The molecule has 4 heterocycles. The lowest BCUT2D eigenvalue weighted by Gasteiger charge is -2.26. The highest BCUT2D eigenvalue weighted by atomic mass is 32.1. The number of hydrogen-bond donors (Lipinski definition) is 1. The number of amides is 2. The van der Waals surface area contributed by atoms with Gasteiger partial charge in [-0.2, -0.15) is 14.9 Å². The Kier molecular flexibility index (Phi) is 9.12. The van der Waals surface area contributed by atoms with Crippen LogP contribution in [0.15, 0.2) is 40.2 Å². The van der Waals surface area contributed by atoms with E-state index in [9.17, 15) is 23.6 Å². The van der Waals surface area contributed by atoms with Crippen LogP contribution in [0.25, 0.3) is 27.2 Å². The molecule has 16 heteroatoms. The van der Waals surface area contributed by atoms with Crippen LogP contribution in [-0.4, -0.2) is 75.1 Å². The van der Waals surface area contributed by atoms with E-state index in [1.807, 2.05) is 0 Å². The summed E-state index contributed by atoms with van der Waals surface area (Å²) in [6.45, 7) is 7.62.